The van der Waals surface area contributed by atoms with Crippen molar-refractivity contribution >= 4 is 23.2 Å². The number of benzene rings is 2. The molecule has 0 radical (unpaired) electrons. The summed E-state index contributed by atoms with van der Waals surface area (Å²) in [6.07, 6.45) is 2.04. The summed E-state index contributed by atoms with van der Waals surface area (Å²) in [5.74, 6) is 0.104. The summed E-state index contributed by atoms with van der Waals surface area (Å²) in [5.41, 5.74) is 3.00. The molecular weight excluding hydrogens is 308 g/mol. The van der Waals surface area contributed by atoms with Gasteiger partial charge in [0.1, 0.15) is 0 Å². The monoisotopic (exact) mass is 328 g/mol. The molecule has 23 heavy (non-hydrogen) atoms. The summed E-state index contributed by atoms with van der Waals surface area (Å²) in [6, 6.07) is 15.8. The van der Waals surface area contributed by atoms with Gasteiger partial charge in [0.2, 0.25) is 0 Å². The summed E-state index contributed by atoms with van der Waals surface area (Å²) in [7, 11) is 3.99. The first-order chi connectivity index (χ1) is 11.1. The Hall–Kier alpha value is -2.00. The lowest BCUT2D eigenvalue weighted by molar-refractivity contribution is 0.0735. The van der Waals surface area contributed by atoms with Gasteiger partial charge in [0.25, 0.3) is 5.91 Å². The van der Waals surface area contributed by atoms with Gasteiger partial charge in [-0.1, -0.05) is 23.7 Å². The Kier molecular flexibility index (Phi) is 4.58. The van der Waals surface area contributed by atoms with Crippen molar-refractivity contribution in [3.8, 4) is 0 Å². The second-order valence-electron chi connectivity index (χ2n) is 6.15. The third-order valence-electron chi connectivity index (χ3n) is 4.40. The number of anilines is 1. The van der Waals surface area contributed by atoms with Crippen molar-refractivity contribution in [2.24, 2.45) is 0 Å². The second-order valence-corrected chi connectivity index (χ2v) is 6.59. The summed E-state index contributed by atoms with van der Waals surface area (Å²) in [4.78, 5) is 16.9. The van der Waals surface area contributed by atoms with E-state index in [1.165, 1.54) is 0 Å². The summed E-state index contributed by atoms with van der Waals surface area (Å²) in [5, 5.41) is 0.726. The van der Waals surface area contributed by atoms with Crippen LogP contribution in [0.5, 0.6) is 0 Å². The molecule has 0 spiro atoms. The zero-order chi connectivity index (χ0) is 16.4. The molecule has 0 unspecified atom stereocenters. The number of rotatable bonds is 3. The van der Waals surface area contributed by atoms with Crippen LogP contribution in [0.15, 0.2) is 48.5 Å². The summed E-state index contributed by atoms with van der Waals surface area (Å²) < 4.78 is 0. The number of hydrogen-bond acceptors (Lipinski definition) is 2. The number of hydrogen-bond donors (Lipinski definition) is 0. The molecule has 0 bridgehead atoms. The lowest BCUT2D eigenvalue weighted by Gasteiger charge is -2.25. The zero-order valence-electron chi connectivity index (χ0n) is 13.5. The molecular formula is C19H21ClN2O. The van der Waals surface area contributed by atoms with Crippen LogP contribution in [0, 0.1) is 0 Å². The number of amides is 1. The van der Waals surface area contributed by atoms with Crippen LogP contribution in [0.3, 0.4) is 0 Å². The van der Waals surface area contributed by atoms with Gasteiger partial charge in [0, 0.05) is 36.9 Å². The molecule has 1 fully saturated rings. The third-order valence-corrected chi connectivity index (χ3v) is 4.65. The first-order valence-electron chi connectivity index (χ1n) is 7.90. The smallest absolute Gasteiger partial charge is 0.254 e. The van der Waals surface area contributed by atoms with E-state index >= 15 is 0 Å². The molecule has 0 aliphatic carbocycles. The number of carbonyl (C=O) groups is 1. The van der Waals surface area contributed by atoms with Crippen molar-refractivity contribution < 1.29 is 4.79 Å². The van der Waals surface area contributed by atoms with E-state index in [-0.39, 0.29) is 11.9 Å². The van der Waals surface area contributed by atoms with Crippen molar-refractivity contribution in [3.05, 3.63) is 64.7 Å². The predicted octanol–water partition coefficient (Wildman–Crippen LogP) is 4.38. The van der Waals surface area contributed by atoms with E-state index in [2.05, 4.69) is 0 Å². The maximum Gasteiger partial charge on any atom is 0.254 e. The van der Waals surface area contributed by atoms with E-state index in [0.717, 1.165) is 41.2 Å². The van der Waals surface area contributed by atoms with Gasteiger partial charge in [0.05, 0.1) is 6.04 Å². The highest BCUT2D eigenvalue weighted by Gasteiger charge is 2.30. The van der Waals surface area contributed by atoms with Gasteiger partial charge in [-0.25, -0.2) is 0 Å². The number of nitrogens with zero attached hydrogens (tertiary/aromatic N) is 2. The maximum atomic E-state index is 12.9. The number of likely N-dealkylation sites (tertiary alicyclic amines) is 1. The van der Waals surface area contributed by atoms with E-state index in [1.54, 1.807) is 0 Å². The fourth-order valence-electron chi connectivity index (χ4n) is 3.11. The molecule has 2 aromatic rings. The van der Waals surface area contributed by atoms with Crippen molar-refractivity contribution in [1.82, 2.24) is 4.90 Å². The van der Waals surface area contributed by atoms with Gasteiger partial charge in [0.15, 0.2) is 0 Å². The Morgan fingerprint density at radius 1 is 1.09 bits per heavy atom. The Balaban J connectivity index is 1.81. The highest BCUT2D eigenvalue weighted by molar-refractivity contribution is 6.30. The standard InChI is InChI=1S/C19H21ClN2O/c1-21(2)17-11-7-15(8-12-17)19(23)22-13-3-4-18(22)14-5-9-16(20)10-6-14/h5-12,18H,3-4,13H2,1-2H3/t18-/m0/s1. The van der Waals surface area contributed by atoms with Crippen molar-refractivity contribution in [2.75, 3.05) is 25.5 Å². The van der Waals surface area contributed by atoms with Crippen LogP contribution in [-0.4, -0.2) is 31.4 Å². The van der Waals surface area contributed by atoms with Gasteiger partial charge in [-0.05, 0) is 54.8 Å². The lowest BCUT2D eigenvalue weighted by atomic mass is 10.0. The predicted molar refractivity (Wildman–Crippen MR) is 95.2 cm³/mol. The molecule has 3 rings (SSSR count). The molecule has 3 nitrogen and oxygen atoms in total. The molecule has 1 atom stereocenters. The third kappa shape index (κ3) is 3.35. The van der Waals surface area contributed by atoms with E-state index < -0.39 is 0 Å². The first-order valence-corrected chi connectivity index (χ1v) is 8.28. The average Bonchev–Trinajstić information content (AvgIpc) is 3.04. The van der Waals surface area contributed by atoms with E-state index in [0.29, 0.717) is 0 Å². The molecule has 1 aliphatic rings. The fraction of sp³-hybridized carbons (Fsp3) is 0.316. The average molecular weight is 329 g/mol. The normalized spacial score (nSPS) is 17.3. The van der Waals surface area contributed by atoms with E-state index in [1.807, 2.05) is 72.4 Å². The van der Waals surface area contributed by atoms with Crippen LogP contribution < -0.4 is 4.90 Å². The number of carbonyl (C=O) groups excluding carboxylic acids is 1. The fourth-order valence-corrected chi connectivity index (χ4v) is 3.24. The summed E-state index contributed by atoms with van der Waals surface area (Å²) >= 11 is 5.97. The zero-order valence-corrected chi connectivity index (χ0v) is 14.3. The molecule has 0 aromatic heterocycles. The van der Waals surface area contributed by atoms with E-state index in [4.69, 9.17) is 11.6 Å². The minimum absolute atomic E-state index is 0.104. The topological polar surface area (TPSA) is 23.6 Å². The molecule has 0 N–H and O–H groups in total. The first kappa shape index (κ1) is 15.9. The highest BCUT2D eigenvalue weighted by atomic mass is 35.5. The van der Waals surface area contributed by atoms with Gasteiger partial charge in [-0.2, -0.15) is 0 Å². The summed E-state index contributed by atoms with van der Waals surface area (Å²) in [6.45, 7) is 0.807. The molecule has 4 heteroatoms. The van der Waals surface area contributed by atoms with Crippen LogP contribution in [0.2, 0.25) is 5.02 Å². The van der Waals surface area contributed by atoms with Gasteiger partial charge in [-0.15, -0.1) is 0 Å². The largest absolute Gasteiger partial charge is 0.378 e. The number of halogens is 1. The maximum absolute atomic E-state index is 12.9. The minimum Gasteiger partial charge on any atom is -0.378 e. The molecule has 120 valence electrons. The van der Waals surface area contributed by atoms with Crippen LogP contribution >= 0.6 is 11.6 Å². The molecule has 1 aliphatic heterocycles. The van der Waals surface area contributed by atoms with E-state index in [9.17, 15) is 4.79 Å². The molecule has 1 heterocycles. The lowest BCUT2D eigenvalue weighted by Crippen LogP contribution is -2.30. The minimum atomic E-state index is 0.104. The second kappa shape index (κ2) is 6.63. The van der Waals surface area contributed by atoms with Gasteiger partial charge >= 0.3 is 0 Å². The van der Waals surface area contributed by atoms with Crippen LogP contribution in [0.25, 0.3) is 0 Å². The van der Waals surface area contributed by atoms with Crippen LogP contribution in [0.4, 0.5) is 5.69 Å². The molecule has 1 amide bonds. The Morgan fingerprint density at radius 2 is 1.74 bits per heavy atom. The Bertz CT molecular complexity index is 680. The van der Waals surface area contributed by atoms with Crippen LogP contribution in [0.1, 0.15) is 34.8 Å². The van der Waals surface area contributed by atoms with Gasteiger partial charge < -0.3 is 9.80 Å². The van der Waals surface area contributed by atoms with Crippen molar-refractivity contribution in [2.45, 2.75) is 18.9 Å². The Labute approximate surface area is 142 Å². The SMILES string of the molecule is CN(C)c1ccc(C(=O)N2CCC[C@H]2c2ccc(Cl)cc2)cc1. The molecule has 0 saturated carbocycles. The quantitative estimate of drug-likeness (QED) is 0.834. The van der Waals surface area contributed by atoms with Crippen LogP contribution in [-0.2, 0) is 0 Å². The molecule has 2 aromatic carbocycles. The van der Waals surface area contributed by atoms with Gasteiger partial charge in [-0.3, -0.25) is 4.79 Å². The van der Waals surface area contributed by atoms with Crippen molar-refractivity contribution in [1.29, 1.82) is 0 Å². The Morgan fingerprint density at radius 3 is 2.35 bits per heavy atom. The van der Waals surface area contributed by atoms with Crippen molar-refractivity contribution in [3.63, 3.8) is 0 Å². The molecule has 1 saturated heterocycles. The highest BCUT2D eigenvalue weighted by Crippen LogP contribution is 2.33.